The van der Waals surface area contributed by atoms with Gasteiger partial charge in [0.25, 0.3) is 0 Å². The monoisotopic (exact) mass is 259 g/mol. The minimum absolute atomic E-state index is 0.125. The van der Waals surface area contributed by atoms with Crippen LogP contribution in [0, 0.1) is 11.7 Å². The van der Waals surface area contributed by atoms with Gasteiger partial charge in [0.15, 0.2) is 0 Å². The van der Waals surface area contributed by atoms with Gasteiger partial charge in [0, 0.05) is 18.7 Å². The summed E-state index contributed by atoms with van der Waals surface area (Å²) in [6, 6.07) is 4.91. The standard InChI is InChI=1S/C13H19ClFNO/c1-9(2)13(3,17)8-16-7-10-5-4-6-11(14)12(10)15/h4-6,9,16-17H,7-8H2,1-3H3. The number of hydrogen-bond donors (Lipinski definition) is 2. The maximum atomic E-state index is 13.5. The van der Waals surface area contributed by atoms with Gasteiger partial charge in [-0.05, 0) is 18.9 Å². The van der Waals surface area contributed by atoms with Crippen LogP contribution in [0.1, 0.15) is 26.3 Å². The van der Waals surface area contributed by atoms with Gasteiger partial charge in [0.1, 0.15) is 5.82 Å². The van der Waals surface area contributed by atoms with E-state index >= 15 is 0 Å². The van der Waals surface area contributed by atoms with Crippen molar-refractivity contribution in [1.29, 1.82) is 0 Å². The lowest BCUT2D eigenvalue weighted by Crippen LogP contribution is -2.42. The van der Waals surface area contributed by atoms with Crippen molar-refractivity contribution < 1.29 is 9.50 Å². The number of benzene rings is 1. The SMILES string of the molecule is CC(C)C(C)(O)CNCc1cccc(Cl)c1F. The largest absolute Gasteiger partial charge is 0.389 e. The van der Waals surface area contributed by atoms with Gasteiger partial charge < -0.3 is 10.4 Å². The second-order valence-electron chi connectivity index (χ2n) is 4.83. The molecule has 0 saturated heterocycles. The van der Waals surface area contributed by atoms with Crippen LogP contribution in [0.5, 0.6) is 0 Å². The molecule has 0 saturated carbocycles. The molecule has 96 valence electrons. The first-order valence-electron chi connectivity index (χ1n) is 5.70. The van der Waals surface area contributed by atoms with Crippen molar-refractivity contribution in [2.75, 3.05) is 6.54 Å². The summed E-state index contributed by atoms with van der Waals surface area (Å²) >= 11 is 5.68. The van der Waals surface area contributed by atoms with E-state index in [-0.39, 0.29) is 10.9 Å². The highest BCUT2D eigenvalue weighted by molar-refractivity contribution is 6.30. The molecule has 0 aromatic heterocycles. The molecule has 0 spiro atoms. The van der Waals surface area contributed by atoms with Gasteiger partial charge >= 0.3 is 0 Å². The highest BCUT2D eigenvalue weighted by atomic mass is 35.5. The summed E-state index contributed by atoms with van der Waals surface area (Å²) in [7, 11) is 0. The molecule has 0 bridgehead atoms. The van der Waals surface area contributed by atoms with Gasteiger partial charge in [-0.3, -0.25) is 0 Å². The van der Waals surface area contributed by atoms with E-state index in [0.29, 0.717) is 18.7 Å². The van der Waals surface area contributed by atoms with E-state index in [4.69, 9.17) is 11.6 Å². The predicted molar refractivity (Wildman–Crippen MR) is 68.6 cm³/mol. The first-order chi connectivity index (χ1) is 7.84. The van der Waals surface area contributed by atoms with E-state index < -0.39 is 11.4 Å². The molecule has 17 heavy (non-hydrogen) atoms. The molecule has 1 aromatic carbocycles. The quantitative estimate of drug-likeness (QED) is 0.852. The lowest BCUT2D eigenvalue weighted by atomic mass is 9.92. The summed E-state index contributed by atoms with van der Waals surface area (Å²) in [6.45, 7) is 6.42. The first kappa shape index (κ1) is 14.4. The van der Waals surface area contributed by atoms with Crippen LogP contribution in [-0.4, -0.2) is 17.3 Å². The minimum Gasteiger partial charge on any atom is -0.389 e. The molecule has 1 rings (SSSR count). The third-order valence-corrected chi connectivity index (χ3v) is 3.37. The summed E-state index contributed by atoms with van der Waals surface area (Å²) in [5.74, 6) is -0.259. The zero-order valence-corrected chi connectivity index (χ0v) is 11.2. The third kappa shape index (κ3) is 3.95. The van der Waals surface area contributed by atoms with Gasteiger partial charge in [-0.1, -0.05) is 37.6 Å². The highest BCUT2D eigenvalue weighted by Crippen LogP contribution is 2.18. The molecule has 0 aliphatic carbocycles. The van der Waals surface area contributed by atoms with Crippen molar-refractivity contribution in [3.63, 3.8) is 0 Å². The van der Waals surface area contributed by atoms with Crippen molar-refractivity contribution in [1.82, 2.24) is 5.32 Å². The van der Waals surface area contributed by atoms with E-state index in [2.05, 4.69) is 5.32 Å². The number of aliphatic hydroxyl groups is 1. The first-order valence-corrected chi connectivity index (χ1v) is 6.08. The predicted octanol–water partition coefficient (Wildman–Crippen LogP) is 2.98. The van der Waals surface area contributed by atoms with Gasteiger partial charge in [-0.15, -0.1) is 0 Å². The smallest absolute Gasteiger partial charge is 0.146 e. The third-order valence-electron chi connectivity index (χ3n) is 3.07. The Morgan fingerprint density at radius 1 is 1.47 bits per heavy atom. The molecule has 0 aliphatic rings. The Balaban J connectivity index is 2.55. The average Bonchev–Trinajstić information content (AvgIpc) is 2.24. The topological polar surface area (TPSA) is 32.3 Å². The van der Waals surface area contributed by atoms with Crippen molar-refractivity contribution in [2.45, 2.75) is 32.9 Å². The molecule has 1 unspecified atom stereocenters. The van der Waals surface area contributed by atoms with E-state index in [9.17, 15) is 9.50 Å². The van der Waals surface area contributed by atoms with Gasteiger partial charge in [-0.2, -0.15) is 0 Å². The van der Waals surface area contributed by atoms with Gasteiger partial charge in [0.2, 0.25) is 0 Å². The fourth-order valence-electron chi connectivity index (χ4n) is 1.34. The Morgan fingerprint density at radius 3 is 2.71 bits per heavy atom. The molecule has 0 fully saturated rings. The Bertz CT molecular complexity index is 380. The highest BCUT2D eigenvalue weighted by Gasteiger charge is 2.24. The minimum atomic E-state index is -0.797. The van der Waals surface area contributed by atoms with Crippen molar-refractivity contribution >= 4 is 11.6 Å². The van der Waals surface area contributed by atoms with E-state index in [1.807, 2.05) is 13.8 Å². The number of hydrogen-bond acceptors (Lipinski definition) is 2. The van der Waals surface area contributed by atoms with Crippen LogP contribution in [0.2, 0.25) is 5.02 Å². The Kier molecular flexibility index (Phi) is 4.92. The molecule has 0 radical (unpaired) electrons. The Labute approximate surface area is 107 Å². The molecular formula is C13H19ClFNO. The normalized spacial score (nSPS) is 15.0. The molecular weight excluding hydrogens is 241 g/mol. The van der Waals surface area contributed by atoms with Crippen LogP contribution in [0.3, 0.4) is 0 Å². The number of nitrogens with one attached hydrogen (secondary N) is 1. The van der Waals surface area contributed by atoms with Crippen LogP contribution >= 0.6 is 11.6 Å². The maximum absolute atomic E-state index is 13.5. The van der Waals surface area contributed by atoms with Crippen LogP contribution < -0.4 is 5.32 Å². The second-order valence-corrected chi connectivity index (χ2v) is 5.24. The fourth-order valence-corrected chi connectivity index (χ4v) is 1.53. The van der Waals surface area contributed by atoms with Crippen molar-refractivity contribution in [3.8, 4) is 0 Å². The van der Waals surface area contributed by atoms with Crippen LogP contribution in [0.4, 0.5) is 4.39 Å². The molecule has 1 atom stereocenters. The van der Waals surface area contributed by atoms with E-state index in [1.54, 1.807) is 19.1 Å². The molecule has 4 heteroatoms. The Morgan fingerprint density at radius 2 is 2.12 bits per heavy atom. The molecule has 0 amide bonds. The summed E-state index contributed by atoms with van der Waals surface area (Å²) < 4.78 is 13.5. The summed E-state index contributed by atoms with van der Waals surface area (Å²) in [5.41, 5.74) is -0.285. The second kappa shape index (κ2) is 5.80. The van der Waals surface area contributed by atoms with Crippen LogP contribution in [-0.2, 0) is 6.54 Å². The molecule has 0 aliphatic heterocycles. The maximum Gasteiger partial charge on any atom is 0.146 e. The fraction of sp³-hybridized carbons (Fsp3) is 0.538. The van der Waals surface area contributed by atoms with Crippen LogP contribution in [0.25, 0.3) is 0 Å². The summed E-state index contributed by atoms with van der Waals surface area (Å²) in [6.07, 6.45) is 0. The molecule has 2 nitrogen and oxygen atoms in total. The summed E-state index contributed by atoms with van der Waals surface area (Å²) in [4.78, 5) is 0. The average molecular weight is 260 g/mol. The van der Waals surface area contributed by atoms with Gasteiger partial charge in [-0.25, -0.2) is 4.39 Å². The zero-order chi connectivity index (χ0) is 13.1. The number of halogens is 2. The zero-order valence-electron chi connectivity index (χ0n) is 10.4. The van der Waals surface area contributed by atoms with E-state index in [1.165, 1.54) is 6.07 Å². The van der Waals surface area contributed by atoms with Crippen molar-refractivity contribution in [2.24, 2.45) is 5.92 Å². The summed E-state index contributed by atoms with van der Waals surface area (Å²) in [5, 5.41) is 13.2. The van der Waals surface area contributed by atoms with Gasteiger partial charge in [0.05, 0.1) is 10.6 Å². The van der Waals surface area contributed by atoms with E-state index in [0.717, 1.165) is 0 Å². The lowest BCUT2D eigenvalue weighted by molar-refractivity contribution is 0.0139. The lowest BCUT2D eigenvalue weighted by Gasteiger charge is -2.28. The molecule has 1 aromatic rings. The number of rotatable bonds is 5. The van der Waals surface area contributed by atoms with Crippen molar-refractivity contribution in [3.05, 3.63) is 34.6 Å². The van der Waals surface area contributed by atoms with Crippen LogP contribution in [0.15, 0.2) is 18.2 Å². The molecule has 0 heterocycles. The Hall–Kier alpha value is -0.640. The molecule has 2 N–H and O–H groups in total.